The Hall–Kier alpha value is -2.64. The predicted molar refractivity (Wildman–Crippen MR) is 108 cm³/mol. The summed E-state index contributed by atoms with van der Waals surface area (Å²) in [4.78, 5) is 15.5. The van der Waals surface area contributed by atoms with Gasteiger partial charge in [0.1, 0.15) is 17.7 Å². The van der Waals surface area contributed by atoms with E-state index in [0.717, 1.165) is 68.0 Å². The Morgan fingerprint density at radius 1 is 1.10 bits per heavy atom. The fourth-order valence-electron chi connectivity index (χ4n) is 4.07. The number of aromatic nitrogens is 3. The van der Waals surface area contributed by atoms with E-state index in [1.165, 1.54) is 6.07 Å². The zero-order valence-electron chi connectivity index (χ0n) is 17.2. The topological polar surface area (TPSA) is 55.1 Å². The maximum Gasteiger partial charge on any atom is 0.416 e. The number of nitrogens with zero attached hydrogens (tertiary/aromatic N) is 4. The first-order chi connectivity index (χ1) is 14.3. The van der Waals surface area contributed by atoms with Crippen LogP contribution < -0.4 is 4.90 Å². The standard InChI is InChI=1S/C22H25F3N4O/c1-14-15(2)26-13-27-21(14)29-9-4-3-5-16(8-10-29)11-20-28-18-7-6-17(22(23,24)25)12-19(18)30-20/h6-7,12-13,16H,3-5,8-11H2,1-2H3. The first kappa shape index (κ1) is 20.6. The Bertz CT molecular complexity index is 1030. The molecule has 1 atom stereocenters. The number of aryl methyl sites for hydroxylation is 1. The second-order valence-corrected chi connectivity index (χ2v) is 8.04. The molecular weight excluding hydrogens is 393 g/mol. The second-order valence-electron chi connectivity index (χ2n) is 8.04. The smallest absolute Gasteiger partial charge is 0.416 e. The molecule has 1 aliphatic heterocycles. The summed E-state index contributed by atoms with van der Waals surface area (Å²) in [5.41, 5.74) is 2.05. The Morgan fingerprint density at radius 2 is 1.93 bits per heavy atom. The van der Waals surface area contributed by atoms with Gasteiger partial charge in [0.15, 0.2) is 11.5 Å². The van der Waals surface area contributed by atoms with Gasteiger partial charge in [-0.15, -0.1) is 0 Å². The number of oxazole rings is 1. The van der Waals surface area contributed by atoms with Crippen molar-refractivity contribution in [1.82, 2.24) is 15.0 Å². The van der Waals surface area contributed by atoms with Gasteiger partial charge in [0.2, 0.25) is 0 Å². The number of fused-ring (bicyclic) bond motifs is 1. The van der Waals surface area contributed by atoms with Gasteiger partial charge in [-0.2, -0.15) is 13.2 Å². The van der Waals surface area contributed by atoms with Gasteiger partial charge in [0.05, 0.1) is 5.56 Å². The molecule has 1 aliphatic rings. The minimum atomic E-state index is -4.39. The molecule has 8 heteroatoms. The normalized spacial score (nSPS) is 18.4. The quantitative estimate of drug-likeness (QED) is 0.563. The van der Waals surface area contributed by atoms with Crippen molar-refractivity contribution in [2.45, 2.75) is 52.1 Å². The van der Waals surface area contributed by atoms with E-state index in [1.54, 1.807) is 6.33 Å². The zero-order valence-corrected chi connectivity index (χ0v) is 17.2. The Kier molecular flexibility index (Phi) is 5.66. The zero-order chi connectivity index (χ0) is 21.3. The van der Waals surface area contributed by atoms with Crippen molar-refractivity contribution < 1.29 is 17.6 Å². The van der Waals surface area contributed by atoms with Gasteiger partial charge < -0.3 is 9.32 Å². The summed E-state index contributed by atoms with van der Waals surface area (Å²) in [6.07, 6.45) is 2.02. The number of anilines is 1. The van der Waals surface area contributed by atoms with Gasteiger partial charge in [-0.25, -0.2) is 15.0 Å². The van der Waals surface area contributed by atoms with Crippen LogP contribution in [-0.2, 0) is 12.6 Å². The molecule has 30 heavy (non-hydrogen) atoms. The van der Waals surface area contributed by atoms with Crippen molar-refractivity contribution in [1.29, 1.82) is 0 Å². The first-order valence-electron chi connectivity index (χ1n) is 10.3. The first-order valence-corrected chi connectivity index (χ1v) is 10.3. The predicted octanol–water partition coefficient (Wildman–Crippen LogP) is 5.49. The summed E-state index contributed by atoms with van der Waals surface area (Å²) in [7, 11) is 0. The van der Waals surface area contributed by atoms with Crippen LogP contribution in [0.2, 0.25) is 0 Å². The number of alkyl halides is 3. The number of rotatable bonds is 3. The summed E-state index contributed by atoms with van der Waals surface area (Å²) >= 11 is 0. The number of hydrogen-bond donors (Lipinski definition) is 0. The highest BCUT2D eigenvalue weighted by Crippen LogP contribution is 2.32. The summed E-state index contributed by atoms with van der Waals surface area (Å²) < 4.78 is 44.5. The molecule has 5 nitrogen and oxygen atoms in total. The molecule has 0 amide bonds. The monoisotopic (exact) mass is 418 g/mol. The molecule has 160 valence electrons. The average Bonchev–Trinajstić information content (AvgIpc) is 3.08. The highest BCUT2D eigenvalue weighted by molar-refractivity contribution is 5.73. The minimum Gasteiger partial charge on any atom is -0.441 e. The lowest BCUT2D eigenvalue weighted by molar-refractivity contribution is -0.137. The molecule has 0 bridgehead atoms. The maximum atomic E-state index is 12.9. The summed E-state index contributed by atoms with van der Waals surface area (Å²) in [5, 5.41) is 0. The van der Waals surface area contributed by atoms with Gasteiger partial charge >= 0.3 is 6.18 Å². The van der Waals surface area contributed by atoms with Crippen molar-refractivity contribution in [3.05, 3.63) is 47.2 Å². The SMILES string of the molecule is Cc1ncnc(N2CCCCC(Cc3nc4ccc(C(F)(F)F)cc4o3)CC2)c1C. The van der Waals surface area contributed by atoms with Crippen molar-refractivity contribution in [3.8, 4) is 0 Å². The van der Waals surface area contributed by atoms with Gasteiger partial charge in [-0.3, -0.25) is 0 Å². The second kappa shape index (κ2) is 8.24. The molecule has 1 unspecified atom stereocenters. The van der Waals surface area contributed by atoms with Gasteiger partial charge in [-0.1, -0.05) is 6.42 Å². The van der Waals surface area contributed by atoms with Crippen LogP contribution in [-0.4, -0.2) is 28.0 Å². The molecule has 2 aromatic heterocycles. The van der Waals surface area contributed by atoms with Crippen molar-refractivity contribution in [3.63, 3.8) is 0 Å². The van der Waals surface area contributed by atoms with E-state index in [4.69, 9.17) is 4.42 Å². The maximum absolute atomic E-state index is 12.9. The molecule has 1 saturated heterocycles. The summed E-state index contributed by atoms with van der Waals surface area (Å²) in [6.45, 7) is 5.88. The Labute approximate surface area is 173 Å². The molecule has 0 saturated carbocycles. The molecule has 1 aromatic carbocycles. The molecule has 3 heterocycles. The molecular formula is C22H25F3N4O. The molecule has 4 rings (SSSR count). The van der Waals surface area contributed by atoms with Crippen molar-refractivity contribution in [2.24, 2.45) is 5.92 Å². The van der Waals surface area contributed by atoms with E-state index in [-0.39, 0.29) is 5.58 Å². The van der Waals surface area contributed by atoms with Crippen LogP contribution in [0.25, 0.3) is 11.1 Å². The summed E-state index contributed by atoms with van der Waals surface area (Å²) in [5.74, 6) is 1.87. The van der Waals surface area contributed by atoms with Crippen LogP contribution in [0.4, 0.5) is 19.0 Å². The third-order valence-electron chi connectivity index (χ3n) is 5.93. The number of benzene rings is 1. The number of hydrogen-bond acceptors (Lipinski definition) is 5. The lowest BCUT2D eigenvalue weighted by Crippen LogP contribution is -2.31. The average molecular weight is 418 g/mol. The van der Waals surface area contributed by atoms with Crippen molar-refractivity contribution in [2.75, 3.05) is 18.0 Å². The largest absolute Gasteiger partial charge is 0.441 e. The fourth-order valence-corrected chi connectivity index (χ4v) is 4.07. The third-order valence-corrected chi connectivity index (χ3v) is 5.93. The Balaban J connectivity index is 1.47. The van der Waals surface area contributed by atoms with Crippen LogP contribution in [0.1, 0.15) is 48.4 Å². The van der Waals surface area contributed by atoms with E-state index < -0.39 is 11.7 Å². The van der Waals surface area contributed by atoms with E-state index in [0.29, 0.717) is 23.7 Å². The molecule has 0 N–H and O–H groups in total. The van der Waals surface area contributed by atoms with Crippen LogP contribution in [0.3, 0.4) is 0 Å². The summed E-state index contributed by atoms with van der Waals surface area (Å²) in [6, 6.07) is 3.46. The lowest BCUT2D eigenvalue weighted by atomic mass is 9.93. The van der Waals surface area contributed by atoms with Crippen LogP contribution in [0.5, 0.6) is 0 Å². The fraction of sp³-hybridized carbons (Fsp3) is 0.500. The van der Waals surface area contributed by atoms with Crippen molar-refractivity contribution >= 4 is 16.9 Å². The molecule has 0 aliphatic carbocycles. The number of halogens is 3. The van der Waals surface area contributed by atoms with E-state index in [1.807, 2.05) is 6.92 Å². The van der Waals surface area contributed by atoms with E-state index in [9.17, 15) is 13.2 Å². The van der Waals surface area contributed by atoms with Gasteiger partial charge in [0.25, 0.3) is 0 Å². The van der Waals surface area contributed by atoms with Gasteiger partial charge in [-0.05, 0) is 57.2 Å². The minimum absolute atomic E-state index is 0.194. The molecule has 0 spiro atoms. The van der Waals surface area contributed by atoms with Crippen LogP contribution in [0.15, 0.2) is 28.9 Å². The Morgan fingerprint density at radius 3 is 2.73 bits per heavy atom. The molecule has 1 fully saturated rings. The third kappa shape index (κ3) is 4.42. The van der Waals surface area contributed by atoms with Crippen LogP contribution in [0, 0.1) is 19.8 Å². The van der Waals surface area contributed by atoms with E-state index in [2.05, 4.69) is 26.8 Å². The highest BCUT2D eigenvalue weighted by atomic mass is 19.4. The molecule has 0 radical (unpaired) electrons. The van der Waals surface area contributed by atoms with Gasteiger partial charge in [0, 0.05) is 30.8 Å². The van der Waals surface area contributed by atoms with E-state index >= 15 is 0 Å². The highest BCUT2D eigenvalue weighted by Gasteiger charge is 2.31. The van der Waals surface area contributed by atoms with Crippen LogP contribution >= 0.6 is 0 Å². The lowest BCUT2D eigenvalue weighted by Gasteiger charge is -2.30. The molecule has 3 aromatic rings.